The van der Waals surface area contributed by atoms with Crippen LogP contribution in [0.15, 0.2) is 53.4 Å². The summed E-state index contributed by atoms with van der Waals surface area (Å²) in [5.41, 5.74) is 2.06. The standard InChI is InChI=1S/C22H23NO3S2/c1-3-15(2)17-9-5-7-11-19(17)26-13-12-25-18-10-6-4-8-16(18)14-20-21(24)23-22(27)28-20/h4-11,14-15H,3,12-13H2,1-2H3,(H,23,24,27)/b20-14-. The quantitative estimate of drug-likeness (QED) is 0.369. The molecule has 1 fully saturated rings. The van der Waals surface area contributed by atoms with Crippen molar-refractivity contribution in [2.24, 2.45) is 0 Å². The summed E-state index contributed by atoms with van der Waals surface area (Å²) in [6.07, 6.45) is 2.86. The minimum absolute atomic E-state index is 0.171. The number of thioether (sulfide) groups is 1. The van der Waals surface area contributed by atoms with Crippen molar-refractivity contribution in [2.45, 2.75) is 26.2 Å². The Bertz CT molecular complexity index is 895. The van der Waals surface area contributed by atoms with E-state index in [4.69, 9.17) is 21.7 Å². The molecule has 4 nitrogen and oxygen atoms in total. The van der Waals surface area contributed by atoms with E-state index in [0.29, 0.717) is 34.1 Å². The molecule has 0 radical (unpaired) electrons. The van der Waals surface area contributed by atoms with Gasteiger partial charge in [0, 0.05) is 5.56 Å². The van der Waals surface area contributed by atoms with E-state index in [-0.39, 0.29) is 5.91 Å². The van der Waals surface area contributed by atoms with Crippen LogP contribution in [0.5, 0.6) is 11.5 Å². The second-order valence-corrected chi connectivity index (χ2v) is 8.15. The molecule has 0 aromatic heterocycles. The first-order chi connectivity index (χ1) is 13.6. The van der Waals surface area contributed by atoms with Gasteiger partial charge >= 0.3 is 0 Å². The number of hydrogen-bond acceptors (Lipinski definition) is 5. The van der Waals surface area contributed by atoms with Gasteiger partial charge in [0.05, 0.1) is 4.91 Å². The largest absolute Gasteiger partial charge is 0.490 e. The maximum Gasteiger partial charge on any atom is 0.263 e. The van der Waals surface area contributed by atoms with Crippen molar-refractivity contribution in [3.05, 3.63) is 64.6 Å². The van der Waals surface area contributed by atoms with Crippen LogP contribution in [0.4, 0.5) is 0 Å². The Kier molecular flexibility index (Phi) is 7.12. The van der Waals surface area contributed by atoms with E-state index in [0.717, 1.165) is 17.7 Å². The minimum atomic E-state index is -0.171. The molecule has 0 spiro atoms. The van der Waals surface area contributed by atoms with Gasteiger partial charge in [-0.25, -0.2) is 0 Å². The summed E-state index contributed by atoms with van der Waals surface area (Å²) in [6.45, 7) is 5.22. The lowest BCUT2D eigenvalue weighted by atomic mass is 9.98. The normalized spacial score (nSPS) is 16.1. The summed E-state index contributed by atoms with van der Waals surface area (Å²) in [5, 5.41) is 2.62. The number of carbonyl (C=O) groups is 1. The van der Waals surface area contributed by atoms with Gasteiger partial charge < -0.3 is 14.8 Å². The molecule has 1 unspecified atom stereocenters. The number of thiocarbonyl (C=S) groups is 1. The van der Waals surface area contributed by atoms with Gasteiger partial charge in [0.2, 0.25) is 0 Å². The van der Waals surface area contributed by atoms with Gasteiger partial charge in [-0.1, -0.05) is 74.2 Å². The number of para-hydroxylation sites is 2. The summed E-state index contributed by atoms with van der Waals surface area (Å²) < 4.78 is 12.4. The molecule has 1 aliphatic rings. The number of amides is 1. The fourth-order valence-corrected chi connectivity index (χ4v) is 3.87. The second kappa shape index (κ2) is 9.75. The van der Waals surface area contributed by atoms with Crippen LogP contribution in [0.25, 0.3) is 6.08 Å². The molecule has 1 amide bonds. The van der Waals surface area contributed by atoms with Crippen molar-refractivity contribution in [2.75, 3.05) is 13.2 Å². The molecule has 1 aliphatic heterocycles. The van der Waals surface area contributed by atoms with E-state index in [1.54, 1.807) is 6.08 Å². The monoisotopic (exact) mass is 413 g/mol. The first-order valence-electron chi connectivity index (χ1n) is 9.27. The fraction of sp³-hybridized carbons (Fsp3) is 0.273. The average Bonchev–Trinajstić information content (AvgIpc) is 3.03. The zero-order chi connectivity index (χ0) is 19.9. The Morgan fingerprint density at radius 2 is 1.71 bits per heavy atom. The molecule has 1 atom stereocenters. The van der Waals surface area contributed by atoms with E-state index in [9.17, 15) is 4.79 Å². The van der Waals surface area contributed by atoms with Gasteiger partial charge in [0.1, 0.15) is 29.0 Å². The van der Waals surface area contributed by atoms with Crippen molar-refractivity contribution in [1.29, 1.82) is 0 Å². The van der Waals surface area contributed by atoms with Gasteiger partial charge in [-0.15, -0.1) is 0 Å². The highest BCUT2D eigenvalue weighted by Gasteiger charge is 2.22. The summed E-state index contributed by atoms with van der Waals surface area (Å²) in [4.78, 5) is 12.4. The molecule has 1 saturated heterocycles. The molecule has 1 N–H and O–H groups in total. The summed E-state index contributed by atoms with van der Waals surface area (Å²) in [6, 6.07) is 15.7. The van der Waals surface area contributed by atoms with Gasteiger partial charge in [0.15, 0.2) is 0 Å². The zero-order valence-electron chi connectivity index (χ0n) is 15.9. The summed E-state index contributed by atoms with van der Waals surface area (Å²) in [5.74, 6) is 1.89. The maximum atomic E-state index is 11.9. The molecule has 28 heavy (non-hydrogen) atoms. The molecular weight excluding hydrogens is 390 g/mol. The van der Waals surface area contributed by atoms with E-state index in [2.05, 4.69) is 25.2 Å². The highest BCUT2D eigenvalue weighted by atomic mass is 32.2. The number of ether oxygens (including phenoxy) is 2. The third-order valence-electron chi connectivity index (χ3n) is 4.51. The molecule has 2 aromatic rings. The van der Waals surface area contributed by atoms with Crippen molar-refractivity contribution in [3.63, 3.8) is 0 Å². The number of carbonyl (C=O) groups excluding carboxylic acids is 1. The third-order valence-corrected chi connectivity index (χ3v) is 5.67. The van der Waals surface area contributed by atoms with Crippen LogP contribution in [0.3, 0.4) is 0 Å². The van der Waals surface area contributed by atoms with Crippen molar-refractivity contribution in [1.82, 2.24) is 5.32 Å². The molecule has 3 rings (SSSR count). The Labute approximate surface area is 175 Å². The molecule has 2 aromatic carbocycles. The van der Waals surface area contributed by atoms with E-state index in [1.807, 2.05) is 42.5 Å². The molecular formula is C22H23NO3S2. The Morgan fingerprint density at radius 3 is 2.39 bits per heavy atom. The molecule has 0 bridgehead atoms. The third kappa shape index (κ3) is 5.14. The summed E-state index contributed by atoms with van der Waals surface area (Å²) >= 11 is 6.30. The lowest BCUT2D eigenvalue weighted by molar-refractivity contribution is -0.115. The maximum absolute atomic E-state index is 11.9. The van der Waals surface area contributed by atoms with Crippen LogP contribution < -0.4 is 14.8 Å². The topological polar surface area (TPSA) is 47.6 Å². The smallest absolute Gasteiger partial charge is 0.263 e. The number of nitrogens with one attached hydrogen (secondary N) is 1. The van der Waals surface area contributed by atoms with Crippen LogP contribution in [-0.2, 0) is 4.79 Å². The Balaban J connectivity index is 1.62. The van der Waals surface area contributed by atoms with Crippen molar-refractivity contribution >= 4 is 40.3 Å². The molecule has 146 valence electrons. The van der Waals surface area contributed by atoms with Crippen LogP contribution >= 0.6 is 24.0 Å². The fourth-order valence-electron chi connectivity index (χ4n) is 2.84. The van der Waals surface area contributed by atoms with Crippen molar-refractivity contribution in [3.8, 4) is 11.5 Å². The number of benzene rings is 2. The zero-order valence-corrected chi connectivity index (χ0v) is 17.6. The minimum Gasteiger partial charge on any atom is -0.490 e. The second-order valence-electron chi connectivity index (χ2n) is 6.43. The first kappa shape index (κ1) is 20.4. The first-order valence-corrected chi connectivity index (χ1v) is 10.5. The molecule has 6 heteroatoms. The van der Waals surface area contributed by atoms with Gasteiger partial charge in [-0.2, -0.15) is 0 Å². The number of hydrogen-bond donors (Lipinski definition) is 1. The highest BCUT2D eigenvalue weighted by molar-refractivity contribution is 8.26. The van der Waals surface area contributed by atoms with E-state index < -0.39 is 0 Å². The lowest BCUT2D eigenvalue weighted by Crippen LogP contribution is -2.17. The van der Waals surface area contributed by atoms with Gasteiger partial charge in [-0.05, 0) is 36.1 Å². The predicted octanol–water partition coefficient (Wildman–Crippen LogP) is 5.15. The van der Waals surface area contributed by atoms with Crippen LogP contribution in [-0.4, -0.2) is 23.4 Å². The predicted molar refractivity (Wildman–Crippen MR) is 119 cm³/mol. The molecule has 0 aliphatic carbocycles. The van der Waals surface area contributed by atoms with Gasteiger partial charge in [0.25, 0.3) is 5.91 Å². The van der Waals surface area contributed by atoms with Gasteiger partial charge in [-0.3, -0.25) is 4.79 Å². The SMILES string of the molecule is CCC(C)c1ccccc1OCCOc1ccccc1/C=C1\SC(=S)NC1=O. The van der Waals surface area contributed by atoms with E-state index in [1.165, 1.54) is 17.3 Å². The molecule has 0 saturated carbocycles. The van der Waals surface area contributed by atoms with Crippen LogP contribution in [0.2, 0.25) is 0 Å². The molecule has 1 heterocycles. The lowest BCUT2D eigenvalue weighted by Gasteiger charge is -2.16. The van der Waals surface area contributed by atoms with Crippen LogP contribution in [0.1, 0.15) is 37.3 Å². The Hall–Kier alpha value is -2.31. The Morgan fingerprint density at radius 1 is 1.07 bits per heavy atom. The number of rotatable bonds is 8. The van der Waals surface area contributed by atoms with Crippen molar-refractivity contribution < 1.29 is 14.3 Å². The van der Waals surface area contributed by atoms with Crippen LogP contribution in [0, 0.1) is 0 Å². The average molecular weight is 414 g/mol. The summed E-state index contributed by atoms with van der Waals surface area (Å²) in [7, 11) is 0. The highest BCUT2D eigenvalue weighted by Crippen LogP contribution is 2.30. The van der Waals surface area contributed by atoms with E-state index >= 15 is 0 Å².